The van der Waals surface area contributed by atoms with Crippen LogP contribution < -0.4 is 5.32 Å². The molecule has 6 rings (SSSR count). The Kier molecular flexibility index (Phi) is 4.43. The minimum absolute atomic E-state index is 0.315. The van der Waals surface area contributed by atoms with Crippen molar-refractivity contribution in [1.82, 2.24) is 10.3 Å². The van der Waals surface area contributed by atoms with Crippen molar-refractivity contribution in [1.29, 1.82) is 0 Å². The summed E-state index contributed by atoms with van der Waals surface area (Å²) in [4.78, 5) is 3.74. The van der Waals surface area contributed by atoms with Gasteiger partial charge in [0.15, 0.2) is 0 Å². The molecule has 31 heavy (non-hydrogen) atoms. The van der Waals surface area contributed by atoms with Crippen molar-refractivity contribution in [2.45, 2.75) is 38.3 Å². The molecule has 0 radical (unpaired) electrons. The van der Waals surface area contributed by atoms with Gasteiger partial charge in [-0.3, -0.25) is 0 Å². The molecule has 0 aliphatic heterocycles. The summed E-state index contributed by atoms with van der Waals surface area (Å²) in [6.07, 6.45) is 3.48. The van der Waals surface area contributed by atoms with E-state index < -0.39 is 0 Å². The number of rotatable bonds is 4. The standard InChI is InChI=1S/C28H26N2O/c1-18(19-8-3-2-4-9-19)29-25-12-7-11-22-23-16-21(14-15-24(23)30-28(22)25)27-17-20-10-5-6-13-26(20)31-27/h2-6,8-10,13-18,25,29-30H,7,11-12H2,1H3/t18-,25-/m1/s1. The van der Waals surface area contributed by atoms with Crippen molar-refractivity contribution in [3.05, 3.63) is 95.7 Å². The first kappa shape index (κ1) is 18.5. The highest BCUT2D eigenvalue weighted by molar-refractivity contribution is 5.90. The lowest BCUT2D eigenvalue weighted by atomic mass is 9.90. The van der Waals surface area contributed by atoms with E-state index in [0.717, 1.165) is 35.1 Å². The van der Waals surface area contributed by atoms with Crippen molar-refractivity contribution in [3.63, 3.8) is 0 Å². The highest BCUT2D eigenvalue weighted by Crippen LogP contribution is 2.38. The van der Waals surface area contributed by atoms with Crippen molar-refractivity contribution in [3.8, 4) is 11.3 Å². The second kappa shape index (κ2) is 7.44. The van der Waals surface area contributed by atoms with Crippen LogP contribution in [0.2, 0.25) is 0 Å². The zero-order valence-electron chi connectivity index (χ0n) is 17.7. The van der Waals surface area contributed by atoms with Crippen LogP contribution in [0.1, 0.15) is 48.7 Å². The molecule has 0 unspecified atom stereocenters. The Balaban J connectivity index is 1.36. The fraction of sp³-hybridized carbons (Fsp3) is 0.214. The fourth-order valence-electron chi connectivity index (χ4n) is 5.05. The van der Waals surface area contributed by atoms with E-state index in [4.69, 9.17) is 4.42 Å². The average molecular weight is 407 g/mol. The van der Waals surface area contributed by atoms with Crippen LogP contribution in [0.5, 0.6) is 0 Å². The summed E-state index contributed by atoms with van der Waals surface area (Å²) in [7, 11) is 0. The minimum atomic E-state index is 0.315. The highest BCUT2D eigenvalue weighted by Gasteiger charge is 2.26. The predicted molar refractivity (Wildman–Crippen MR) is 127 cm³/mol. The van der Waals surface area contributed by atoms with Crippen LogP contribution in [0.3, 0.4) is 0 Å². The van der Waals surface area contributed by atoms with Gasteiger partial charge in [-0.2, -0.15) is 0 Å². The van der Waals surface area contributed by atoms with Gasteiger partial charge in [-0.1, -0.05) is 48.5 Å². The van der Waals surface area contributed by atoms with Crippen LogP contribution in [0.15, 0.2) is 83.3 Å². The van der Waals surface area contributed by atoms with E-state index in [9.17, 15) is 0 Å². The largest absolute Gasteiger partial charge is 0.456 e. The third-order valence-electron chi connectivity index (χ3n) is 6.67. The summed E-state index contributed by atoms with van der Waals surface area (Å²) in [5.74, 6) is 0.932. The second-order valence-corrected chi connectivity index (χ2v) is 8.67. The van der Waals surface area contributed by atoms with Crippen LogP contribution in [0, 0.1) is 0 Å². The van der Waals surface area contributed by atoms with Crippen LogP contribution in [-0.2, 0) is 6.42 Å². The smallest absolute Gasteiger partial charge is 0.135 e. The molecule has 0 fully saturated rings. The summed E-state index contributed by atoms with van der Waals surface area (Å²) in [5, 5.41) is 6.34. The van der Waals surface area contributed by atoms with Crippen molar-refractivity contribution < 1.29 is 4.42 Å². The number of hydrogen-bond donors (Lipinski definition) is 2. The topological polar surface area (TPSA) is 41.0 Å². The van der Waals surface area contributed by atoms with Gasteiger partial charge in [0, 0.05) is 39.6 Å². The number of aromatic nitrogens is 1. The summed E-state index contributed by atoms with van der Waals surface area (Å²) in [5.41, 5.74) is 7.43. The van der Waals surface area contributed by atoms with Crippen LogP contribution in [-0.4, -0.2) is 4.98 Å². The van der Waals surface area contributed by atoms with Crippen LogP contribution in [0.4, 0.5) is 0 Å². The molecule has 3 nitrogen and oxygen atoms in total. The van der Waals surface area contributed by atoms with Gasteiger partial charge in [-0.25, -0.2) is 0 Å². The number of para-hydroxylation sites is 1. The summed E-state index contributed by atoms with van der Waals surface area (Å²) in [6.45, 7) is 2.26. The third kappa shape index (κ3) is 3.26. The summed E-state index contributed by atoms with van der Waals surface area (Å²) >= 11 is 0. The molecule has 3 heteroatoms. The first-order valence-corrected chi connectivity index (χ1v) is 11.2. The van der Waals surface area contributed by atoms with Gasteiger partial charge in [0.25, 0.3) is 0 Å². The molecule has 0 spiro atoms. The fourth-order valence-corrected chi connectivity index (χ4v) is 5.05. The molecular weight excluding hydrogens is 380 g/mol. The maximum Gasteiger partial charge on any atom is 0.135 e. The quantitative estimate of drug-likeness (QED) is 0.328. The van der Waals surface area contributed by atoms with Gasteiger partial charge in [-0.15, -0.1) is 0 Å². The molecule has 3 aromatic carbocycles. The van der Waals surface area contributed by atoms with E-state index in [0.29, 0.717) is 12.1 Å². The maximum atomic E-state index is 6.12. The number of fused-ring (bicyclic) bond motifs is 4. The Hall–Kier alpha value is -3.30. The molecule has 0 bridgehead atoms. The monoisotopic (exact) mass is 406 g/mol. The van der Waals surface area contributed by atoms with Gasteiger partial charge in [-0.05, 0) is 67.6 Å². The van der Waals surface area contributed by atoms with Gasteiger partial charge >= 0.3 is 0 Å². The van der Waals surface area contributed by atoms with Gasteiger partial charge in [0.05, 0.1) is 0 Å². The molecule has 5 aromatic rings. The molecule has 0 saturated heterocycles. The molecule has 2 N–H and O–H groups in total. The molecule has 1 aliphatic carbocycles. The minimum Gasteiger partial charge on any atom is -0.456 e. The Morgan fingerprint density at radius 1 is 0.968 bits per heavy atom. The average Bonchev–Trinajstić information content (AvgIpc) is 3.41. The Morgan fingerprint density at radius 3 is 2.68 bits per heavy atom. The molecule has 0 amide bonds. The number of aryl methyl sites for hydroxylation is 1. The third-order valence-corrected chi connectivity index (χ3v) is 6.67. The number of aromatic amines is 1. The lowest BCUT2D eigenvalue weighted by molar-refractivity contribution is 0.410. The normalized spacial score (nSPS) is 17.1. The Labute approximate surface area is 182 Å². The van der Waals surface area contributed by atoms with E-state index in [1.165, 1.54) is 34.1 Å². The number of H-pyrrole nitrogens is 1. The lowest BCUT2D eigenvalue weighted by Gasteiger charge is -2.27. The highest BCUT2D eigenvalue weighted by atomic mass is 16.3. The van der Waals surface area contributed by atoms with Crippen LogP contribution >= 0.6 is 0 Å². The van der Waals surface area contributed by atoms with Gasteiger partial charge in [0.2, 0.25) is 0 Å². The Bertz CT molecular complexity index is 1330. The number of benzene rings is 3. The molecule has 0 saturated carbocycles. The van der Waals surface area contributed by atoms with Crippen LogP contribution in [0.25, 0.3) is 33.2 Å². The van der Waals surface area contributed by atoms with E-state index in [2.05, 4.69) is 84.0 Å². The summed E-state index contributed by atoms with van der Waals surface area (Å²) in [6, 6.07) is 28.4. The van der Waals surface area contributed by atoms with E-state index in [-0.39, 0.29) is 0 Å². The van der Waals surface area contributed by atoms with Crippen molar-refractivity contribution in [2.75, 3.05) is 0 Å². The van der Waals surface area contributed by atoms with Gasteiger partial charge in [0.1, 0.15) is 11.3 Å². The molecule has 1 aliphatic rings. The number of furan rings is 1. The second-order valence-electron chi connectivity index (χ2n) is 8.67. The summed E-state index contributed by atoms with van der Waals surface area (Å²) < 4.78 is 6.12. The zero-order valence-corrected chi connectivity index (χ0v) is 17.7. The number of nitrogens with one attached hydrogen (secondary N) is 2. The zero-order chi connectivity index (χ0) is 20.8. The molecular formula is C28H26N2O. The molecule has 154 valence electrons. The van der Waals surface area contributed by atoms with Crippen molar-refractivity contribution >= 4 is 21.9 Å². The first-order chi connectivity index (χ1) is 15.3. The van der Waals surface area contributed by atoms with E-state index in [1.54, 1.807) is 0 Å². The maximum absolute atomic E-state index is 6.12. The van der Waals surface area contributed by atoms with Gasteiger partial charge < -0.3 is 14.7 Å². The SMILES string of the molecule is C[C@@H](N[C@@H]1CCCc2c1[nH]c1ccc(-c3cc4ccccc4o3)cc21)c1ccccc1. The lowest BCUT2D eigenvalue weighted by Crippen LogP contribution is -2.27. The molecule has 2 heterocycles. The predicted octanol–water partition coefficient (Wildman–Crippen LogP) is 7.31. The molecule has 2 atom stereocenters. The Morgan fingerprint density at radius 2 is 1.81 bits per heavy atom. The van der Waals surface area contributed by atoms with Crippen molar-refractivity contribution in [2.24, 2.45) is 0 Å². The molecule has 2 aromatic heterocycles. The first-order valence-electron chi connectivity index (χ1n) is 11.2. The van der Waals surface area contributed by atoms with E-state index >= 15 is 0 Å². The van der Waals surface area contributed by atoms with E-state index in [1.807, 2.05) is 12.1 Å². The number of hydrogen-bond acceptors (Lipinski definition) is 2.